The summed E-state index contributed by atoms with van der Waals surface area (Å²) in [6.45, 7) is 2.32. The van der Waals surface area contributed by atoms with E-state index in [1.165, 1.54) is 0 Å². The smallest absolute Gasteiger partial charge is 0.251 e. The van der Waals surface area contributed by atoms with Crippen LogP contribution < -0.4 is 16.6 Å². The van der Waals surface area contributed by atoms with Crippen molar-refractivity contribution in [3.8, 4) is 0 Å². The zero-order valence-corrected chi connectivity index (χ0v) is 10.2. The first-order chi connectivity index (χ1) is 8.79. The van der Waals surface area contributed by atoms with E-state index in [0.717, 1.165) is 26.1 Å². The molecule has 0 radical (unpaired) electrons. The van der Waals surface area contributed by atoms with Crippen LogP contribution in [0.1, 0.15) is 23.2 Å². The summed E-state index contributed by atoms with van der Waals surface area (Å²) in [6.07, 6.45) is 3.60. The third kappa shape index (κ3) is 3.41. The Balaban J connectivity index is 1.79. The monoisotopic (exact) mass is 250 g/mol. The van der Waals surface area contributed by atoms with E-state index >= 15 is 0 Å². The second-order valence-corrected chi connectivity index (χ2v) is 4.35. The Morgan fingerprint density at radius 3 is 3.22 bits per heavy atom. The molecule has 6 heteroatoms. The molecule has 98 valence electrons. The van der Waals surface area contributed by atoms with Crippen LogP contribution in [0.2, 0.25) is 0 Å². The minimum absolute atomic E-state index is 0.104. The molecule has 0 aliphatic carbocycles. The fraction of sp³-hybridized carbons (Fsp3) is 0.500. The highest BCUT2D eigenvalue weighted by atomic mass is 16.5. The van der Waals surface area contributed by atoms with E-state index in [9.17, 15) is 4.79 Å². The van der Waals surface area contributed by atoms with Gasteiger partial charge < -0.3 is 15.5 Å². The number of pyridine rings is 1. The average molecular weight is 250 g/mol. The molecule has 1 unspecified atom stereocenters. The van der Waals surface area contributed by atoms with Gasteiger partial charge in [-0.2, -0.15) is 0 Å². The minimum atomic E-state index is -0.104. The normalized spacial score (nSPS) is 18.6. The van der Waals surface area contributed by atoms with Crippen molar-refractivity contribution in [1.82, 2.24) is 10.3 Å². The summed E-state index contributed by atoms with van der Waals surface area (Å²) in [6, 6.07) is 3.28. The summed E-state index contributed by atoms with van der Waals surface area (Å²) >= 11 is 0. The third-order valence-electron chi connectivity index (χ3n) is 3.03. The number of rotatable bonds is 5. The second kappa shape index (κ2) is 6.32. The lowest BCUT2D eigenvalue weighted by Gasteiger charge is -2.09. The van der Waals surface area contributed by atoms with Crippen LogP contribution in [-0.4, -0.2) is 30.6 Å². The average Bonchev–Trinajstić information content (AvgIpc) is 2.92. The standard InChI is InChI=1S/C12H18N4O2/c13-16-11-7-10(2-5-14-11)12(17)15-4-1-9-3-6-18-8-9/h2,5,7,9H,1,3-4,6,8,13H2,(H,14,16)(H,15,17). The fourth-order valence-corrected chi connectivity index (χ4v) is 1.95. The molecule has 1 aliphatic rings. The van der Waals surface area contributed by atoms with Gasteiger partial charge in [0, 0.05) is 31.5 Å². The van der Waals surface area contributed by atoms with Crippen LogP contribution in [0.15, 0.2) is 18.3 Å². The van der Waals surface area contributed by atoms with Gasteiger partial charge in [-0.1, -0.05) is 0 Å². The molecule has 6 nitrogen and oxygen atoms in total. The van der Waals surface area contributed by atoms with Gasteiger partial charge in [-0.05, 0) is 30.9 Å². The molecule has 1 aliphatic heterocycles. The van der Waals surface area contributed by atoms with Crippen molar-refractivity contribution in [1.29, 1.82) is 0 Å². The SMILES string of the molecule is NNc1cc(C(=O)NCCC2CCOC2)ccn1. The van der Waals surface area contributed by atoms with Crippen molar-refractivity contribution < 1.29 is 9.53 Å². The second-order valence-electron chi connectivity index (χ2n) is 4.35. The number of hydrazine groups is 1. The van der Waals surface area contributed by atoms with E-state index in [0.29, 0.717) is 23.8 Å². The largest absolute Gasteiger partial charge is 0.381 e. The number of nitrogen functional groups attached to an aromatic ring is 1. The van der Waals surface area contributed by atoms with E-state index in [2.05, 4.69) is 15.7 Å². The number of carbonyl (C=O) groups is 1. The van der Waals surface area contributed by atoms with Crippen molar-refractivity contribution in [3.63, 3.8) is 0 Å². The number of nitrogens with one attached hydrogen (secondary N) is 2. The molecular formula is C12H18N4O2. The molecule has 1 atom stereocenters. The fourth-order valence-electron chi connectivity index (χ4n) is 1.95. The Morgan fingerprint density at radius 2 is 2.50 bits per heavy atom. The molecule has 1 amide bonds. The first kappa shape index (κ1) is 12.8. The summed E-state index contributed by atoms with van der Waals surface area (Å²) < 4.78 is 5.29. The summed E-state index contributed by atoms with van der Waals surface area (Å²) in [5.74, 6) is 6.19. The van der Waals surface area contributed by atoms with Gasteiger partial charge in [-0.15, -0.1) is 0 Å². The number of amides is 1. The lowest BCUT2D eigenvalue weighted by Crippen LogP contribution is -2.26. The van der Waals surface area contributed by atoms with Crippen LogP contribution in [0.4, 0.5) is 5.82 Å². The van der Waals surface area contributed by atoms with Gasteiger partial charge in [0.15, 0.2) is 0 Å². The van der Waals surface area contributed by atoms with Crippen LogP contribution in [0.25, 0.3) is 0 Å². The van der Waals surface area contributed by atoms with Crippen molar-refractivity contribution in [2.75, 3.05) is 25.2 Å². The lowest BCUT2D eigenvalue weighted by molar-refractivity contribution is 0.0950. The quantitative estimate of drug-likeness (QED) is 0.524. The maximum Gasteiger partial charge on any atom is 0.251 e. The highest BCUT2D eigenvalue weighted by Gasteiger charge is 2.15. The van der Waals surface area contributed by atoms with Crippen LogP contribution in [0.3, 0.4) is 0 Å². The molecule has 0 saturated carbocycles. The first-order valence-corrected chi connectivity index (χ1v) is 6.08. The van der Waals surface area contributed by atoms with Crippen molar-refractivity contribution in [2.24, 2.45) is 11.8 Å². The van der Waals surface area contributed by atoms with E-state index in [1.807, 2.05) is 0 Å². The van der Waals surface area contributed by atoms with Gasteiger partial charge in [0.05, 0.1) is 0 Å². The maximum absolute atomic E-state index is 11.8. The van der Waals surface area contributed by atoms with E-state index in [1.54, 1.807) is 18.3 Å². The van der Waals surface area contributed by atoms with Crippen LogP contribution in [0, 0.1) is 5.92 Å². The molecule has 2 heterocycles. The number of hydrogen-bond acceptors (Lipinski definition) is 5. The number of ether oxygens (including phenoxy) is 1. The first-order valence-electron chi connectivity index (χ1n) is 6.08. The molecule has 0 aromatic carbocycles. The van der Waals surface area contributed by atoms with Gasteiger partial charge in [-0.25, -0.2) is 10.8 Å². The Kier molecular flexibility index (Phi) is 4.49. The predicted molar refractivity (Wildman–Crippen MR) is 67.9 cm³/mol. The Morgan fingerprint density at radius 1 is 1.61 bits per heavy atom. The number of hydrogen-bond donors (Lipinski definition) is 3. The molecule has 0 spiro atoms. The predicted octanol–water partition coefficient (Wildman–Crippen LogP) is 0.524. The third-order valence-corrected chi connectivity index (χ3v) is 3.03. The molecule has 4 N–H and O–H groups in total. The highest BCUT2D eigenvalue weighted by molar-refractivity contribution is 5.94. The van der Waals surface area contributed by atoms with Gasteiger partial charge in [0.25, 0.3) is 5.91 Å². The van der Waals surface area contributed by atoms with Crippen molar-refractivity contribution in [2.45, 2.75) is 12.8 Å². The Bertz CT molecular complexity index is 405. The molecule has 1 fully saturated rings. The number of nitrogens with two attached hydrogens (primary N) is 1. The molecule has 1 aromatic rings. The minimum Gasteiger partial charge on any atom is -0.381 e. The zero-order valence-electron chi connectivity index (χ0n) is 10.2. The van der Waals surface area contributed by atoms with Gasteiger partial charge in [0.2, 0.25) is 0 Å². The number of aromatic nitrogens is 1. The van der Waals surface area contributed by atoms with E-state index in [4.69, 9.17) is 10.6 Å². The van der Waals surface area contributed by atoms with Crippen LogP contribution in [-0.2, 0) is 4.74 Å². The zero-order chi connectivity index (χ0) is 12.8. The van der Waals surface area contributed by atoms with Gasteiger partial charge in [0.1, 0.15) is 5.82 Å². The topological polar surface area (TPSA) is 89.3 Å². The van der Waals surface area contributed by atoms with Crippen LogP contribution >= 0.6 is 0 Å². The Labute approximate surface area is 106 Å². The summed E-state index contributed by atoms with van der Waals surface area (Å²) in [4.78, 5) is 15.8. The van der Waals surface area contributed by atoms with E-state index < -0.39 is 0 Å². The summed E-state index contributed by atoms with van der Waals surface area (Å²) in [7, 11) is 0. The molecule has 0 bridgehead atoms. The molecule has 1 saturated heterocycles. The molecule has 1 aromatic heterocycles. The molecule has 18 heavy (non-hydrogen) atoms. The summed E-state index contributed by atoms with van der Waals surface area (Å²) in [5, 5.41) is 2.89. The van der Waals surface area contributed by atoms with Crippen molar-refractivity contribution >= 4 is 11.7 Å². The number of nitrogens with zero attached hydrogens (tertiary/aromatic N) is 1. The molecule has 2 rings (SSSR count). The van der Waals surface area contributed by atoms with Crippen molar-refractivity contribution in [3.05, 3.63) is 23.9 Å². The number of anilines is 1. The van der Waals surface area contributed by atoms with Crippen LogP contribution in [0.5, 0.6) is 0 Å². The Hall–Kier alpha value is -1.66. The lowest BCUT2D eigenvalue weighted by atomic mass is 10.1. The molecular weight excluding hydrogens is 232 g/mol. The van der Waals surface area contributed by atoms with E-state index in [-0.39, 0.29) is 5.91 Å². The highest BCUT2D eigenvalue weighted by Crippen LogP contribution is 2.15. The van der Waals surface area contributed by atoms with Gasteiger partial charge >= 0.3 is 0 Å². The number of carbonyl (C=O) groups excluding carboxylic acids is 1. The van der Waals surface area contributed by atoms with Gasteiger partial charge in [-0.3, -0.25) is 4.79 Å². The maximum atomic E-state index is 11.8. The summed E-state index contributed by atoms with van der Waals surface area (Å²) in [5.41, 5.74) is 2.97.